The molecular weight excluding hydrogens is 244 g/mol. The molecule has 1 amide bonds. The summed E-state index contributed by atoms with van der Waals surface area (Å²) in [6.07, 6.45) is 2.43. The molecule has 1 heterocycles. The van der Waals surface area contributed by atoms with Crippen molar-refractivity contribution in [2.45, 2.75) is 51.7 Å². The molecule has 1 saturated heterocycles. The highest BCUT2D eigenvalue weighted by molar-refractivity contribution is 5.67. The summed E-state index contributed by atoms with van der Waals surface area (Å²) in [5, 5.41) is 16.7. The predicted molar refractivity (Wildman–Crippen MR) is 72.9 cm³/mol. The van der Waals surface area contributed by atoms with Gasteiger partial charge >= 0.3 is 6.09 Å². The number of rotatable bonds is 2. The number of carbonyl (C=O) groups excluding carboxylic acids is 1. The molecule has 1 aliphatic heterocycles. The second-order valence-electron chi connectivity index (χ2n) is 6.95. The van der Waals surface area contributed by atoms with Gasteiger partial charge in [-0.05, 0) is 39.5 Å². The molecule has 2 aliphatic rings. The van der Waals surface area contributed by atoms with Crippen molar-refractivity contribution in [2.24, 2.45) is 11.3 Å². The summed E-state index contributed by atoms with van der Waals surface area (Å²) in [6.45, 7) is 7.66. The first-order valence-electron chi connectivity index (χ1n) is 7.18. The maximum absolute atomic E-state index is 11.7. The normalized spacial score (nSPS) is 34.7. The molecule has 110 valence electrons. The zero-order valence-corrected chi connectivity index (χ0v) is 12.2. The largest absolute Gasteiger partial charge is 0.444 e. The molecule has 3 N–H and O–H groups in total. The quantitative estimate of drug-likeness (QED) is 0.706. The Bertz CT molecular complexity index is 328. The van der Waals surface area contributed by atoms with Crippen LogP contribution in [0.4, 0.5) is 4.79 Å². The van der Waals surface area contributed by atoms with Crippen LogP contribution in [0.15, 0.2) is 0 Å². The van der Waals surface area contributed by atoms with Gasteiger partial charge in [0.25, 0.3) is 0 Å². The van der Waals surface area contributed by atoms with E-state index in [1.54, 1.807) is 0 Å². The van der Waals surface area contributed by atoms with E-state index in [4.69, 9.17) is 4.74 Å². The van der Waals surface area contributed by atoms with Crippen LogP contribution in [0.3, 0.4) is 0 Å². The minimum atomic E-state index is -0.486. The molecule has 0 aromatic heterocycles. The van der Waals surface area contributed by atoms with Crippen LogP contribution in [0.1, 0.15) is 40.0 Å². The van der Waals surface area contributed by atoms with Crippen LogP contribution in [0.5, 0.6) is 0 Å². The van der Waals surface area contributed by atoms with Gasteiger partial charge in [-0.3, -0.25) is 0 Å². The summed E-state index contributed by atoms with van der Waals surface area (Å²) in [4.78, 5) is 11.7. The number of carbonyl (C=O) groups is 1. The summed E-state index contributed by atoms with van der Waals surface area (Å²) in [5.74, 6) is 0.322. The molecule has 2 fully saturated rings. The Morgan fingerprint density at radius 2 is 2.26 bits per heavy atom. The number of amides is 1. The summed E-state index contributed by atoms with van der Waals surface area (Å²) in [7, 11) is 0. The smallest absolute Gasteiger partial charge is 0.407 e. The van der Waals surface area contributed by atoms with Crippen LogP contribution < -0.4 is 10.6 Å². The standard InChI is InChI=1S/C14H26N2O3/c1-13(2,3)19-12(18)16-9-14-6-4-5-10(11(14)17)7-15-8-14/h10-11,15,17H,4-9H2,1-3H3,(H,16,18). The van der Waals surface area contributed by atoms with Crippen LogP contribution in [0, 0.1) is 11.3 Å². The van der Waals surface area contributed by atoms with E-state index in [-0.39, 0.29) is 11.5 Å². The summed E-state index contributed by atoms with van der Waals surface area (Å²) in [6, 6.07) is 0. The summed E-state index contributed by atoms with van der Waals surface area (Å²) in [5.41, 5.74) is -0.710. The molecule has 2 bridgehead atoms. The van der Waals surface area contributed by atoms with Crippen molar-refractivity contribution in [1.29, 1.82) is 0 Å². The van der Waals surface area contributed by atoms with Crippen LogP contribution in [0.25, 0.3) is 0 Å². The average Bonchev–Trinajstić information content (AvgIpc) is 2.25. The highest BCUT2D eigenvalue weighted by Gasteiger charge is 2.47. The number of hydrogen-bond acceptors (Lipinski definition) is 4. The second kappa shape index (κ2) is 5.29. The summed E-state index contributed by atoms with van der Waals surface area (Å²) >= 11 is 0. The van der Waals surface area contributed by atoms with Crippen molar-refractivity contribution < 1.29 is 14.6 Å². The molecule has 2 rings (SSSR count). The van der Waals surface area contributed by atoms with Crippen molar-refractivity contribution in [1.82, 2.24) is 10.6 Å². The van der Waals surface area contributed by atoms with Gasteiger partial charge in [-0.2, -0.15) is 0 Å². The third kappa shape index (κ3) is 3.39. The van der Waals surface area contributed by atoms with E-state index >= 15 is 0 Å². The highest BCUT2D eigenvalue weighted by Crippen LogP contribution is 2.41. The zero-order chi connectivity index (χ0) is 14.1. The van der Waals surface area contributed by atoms with Gasteiger partial charge < -0.3 is 20.5 Å². The van der Waals surface area contributed by atoms with Crippen molar-refractivity contribution in [3.05, 3.63) is 0 Å². The lowest BCUT2D eigenvalue weighted by atomic mass is 9.65. The van der Waals surface area contributed by atoms with Crippen LogP contribution >= 0.6 is 0 Å². The van der Waals surface area contributed by atoms with E-state index in [0.717, 1.165) is 32.4 Å². The van der Waals surface area contributed by atoms with Gasteiger partial charge in [-0.15, -0.1) is 0 Å². The Morgan fingerprint density at radius 3 is 2.95 bits per heavy atom. The zero-order valence-electron chi connectivity index (χ0n) is 12.2. The number of ether oxygens (including phenoxy) is 1. The molecule has 0 aromatic rings. The van der Waals surface area contributed by atoms with E-state index in [0.29, 0.717) is 12.5 Å². The molecule has 1 saturated carbocycles. The van der Waals surface area contributed by atoms with Crippen molar-refractivity contribution in [3.8, 4) is 0 Å². The predicted octanol–water partition coefficient (Wildman–Crippen LogP) is 1.26. The fourth-order valence-electron chi connectivity index (χ4n) is 3.25. The Balaban J connectivity index is 1.92. The lowest BCUT2D eigenvalue weighted by Gasteiger charge is -2.49. The number of nitrogens with one attached hydrogen (secondary N) is 2. The number of alkyl carbamates (subject to hydrolysis) is 1. The molecule has 19 heavy (non-hydrogen) atoms. The molecule has 5 heteroatoms. The van der Waals surface area contributed by atoms with E-state index in [2.05, 4.69) is 10.6 Å². The SMILES string of the molecule is CC(C)(C)OC(=O)NCC12CCCC(CNC1)C2O. The first kappa shape index (κ1) is 14.6. The van der Waals surface area contributed by atoms with Crippen molar-refractivity contribution >= 4 is 6.09 Å². The third-order valence-corrected chi connectivity index (χ3v) is 4.19. The molecule has 3 unspecified atom stereocenters. The van der Waals surface area contributed by atoms with Gasteiger partial charge in [0.15, 0.2) is 0 Å². The molecule has 0 aromatic carbocycles. The minimum Gasteiger partial charge on any atom is -0.444 e. The highest BCUT2D eigenvalue weighted by atomic mass is 16.6. The van der Waals surface area contributed by atoms with E-state index in [1.807, 2.05) is 20.8 Å². The Kier molecular flexibility index (Phi) is 4.06. The first-order chi connectivity index (χ1) is 8.82. The average molecular weight is 270 g/mol. The van der Waals surface area contributed by atoms with E-state index in [9.17, 15) is 9.90 Å². The van der Waals surface area contributed by atoms with Gasteiger partial charge in [-0.1, -0.05) is 6.42 Å². The van der Waals surface area contributed by atoms with E-state index < -0.39 is 11.7 Å². The van der Waals surface area contributed by atoms with E-state index in [1.165, 1.54) is 0 Å². The Morgan fingerprint density at radius 1 is 1.53 bits per heavy atom. The fraction of sp³-hybridized carbons (Fsp3) is 0.929. The number of aliphatic hydroxyl groups excluding tert-OH is 1. The molecule has 0 spiro atoms. The lowest BCUT2D eigenvalue weighted by molar-refractivity contribution is -0.0724. The fourth-order valence-corrected chi connectivity index (χ4v) is 3.25. The van der Waals surface area contributed by atoms with Crippen molar-refractivity contribution in [2.75, 3.05) is 19.6 Å². The third-order valence-electron chi connectivity index (χ3n) is 4.19. The Hall–Kier alpha value is -0.810. The number of fused-ring (bicyclic) bond motifs is 2. The first-order valence-corrected chi connectivity index (χ1v) is 7.18. The lowest BCUT2D eigenvalue weighted by Crippen LogP contribution is -2.61. The van der Waals surface area contributed by atoms with Crippen LogP contribution in [0.2, 0.25) is 0 Å². The molecular formula is C14H26N2O3. The molecule has 0 radical (unpaired) electrons. The number of piperidine rings is 1. The number of hydrogen-bond donors (Lipinski definition) is 3. The Labute approximate surface area is 115 Å². The van der Waals surface area contributed by atoms with Gasteiger partial charge in [0, 0.05) is 25.0 Å². The molecule has 1 aliphatic carbocycles. The van der Waals surface area contributed by atoms with Gasteiger partial charge in [0.2, 0.25) is 0 Å². The van der Waals surface area contributed by atoms with Gasteiger partial charge in [-0.25, -0.2) is 4.79 Å². The van der Waals surface area contributed by atoms with Gasteiger partial charge in [0.05, 0.1) is 6.10 Å². The maximum atomic E-state index is 11.7. The van der Waals surface area contributed by atoms with Gasteiger partial charge in [0.1, 0.15) is 5.60 Å². The van der Waals surface area contributed by atoms with Crippen LogP contribution in [-0.4, -0.2) is 42.5 Å². The van der Waals surface area contributed by atoms with Crippen molar-refractivity contribution in [3.63, 3.8) is 0 Å². The molecule has 3 atom stereocenters. The van der Waals surface area contributed by atoms with Crippen LogP contribution in [-0.2, 0) is 4.74 Å². The maximum Gasteiger partial charge on any atom is 0.407 e. The second-order valence-corrected chi connectivity index (χ2v) is 6.95. The minimum absolute atomic E-state index is 0.224. The topological polar surface area (TPSA) is 70.6 Å². The molecule has 5 nitrogen and oxygen atoms in total. The monoisotopic (exact) mass is 270 g/mol. The summed E-state index contributed by atoms with van der Waals surface area (Å²) < 4.78 is 5.25. The number of aliphatic hydroxyl groups is 1.